The molecule has 2 amide bonds. The molecule has 1 aromatic rings. The summed E-state index contributed by atoms with van der Waals surface area (Å²) in [4.78, 5) is 23.3. The average Bonchev–Trinajstić information content (AvgIpc) is 3.11. The fraction of sp³-hybridized carbons (Fsp3) is 0.462. The van der Waals surface area contributed by atoms with Gasteiger partial charge in [-0.25, -0.2) is 0 Å². The van der Waals surface area contributed by atoms with Crippen LogP contribution in [0.15, 0.2) is 17.3 Å². The van der Waals surface area contributed by atoms with E-state index in [2.05, 4.69) is 37.4 Å². The molecule has 11 heteroatoms. The summed E-state index contributed by atoms with van der Waals surface area (Å²) in [7, 11) is 0. The number of carbonyl (C=O) groups excluding carboxylic acids is 2. The Morgan fingerprint density at radius 2 is 2.25 bits per heavy atom. The number of halogens is 3. The third-order valence-electron chi connectivity index (χ3n) is 3.25. The second-order valence-corrected chi connectivity index (χ2v) is 5.58. The fourth-order valence-corrected chi connectivity index (χ4v) is 2.66. The maximum atomic E-state index is 11.8. The van der Waals surface area contributed by atoms with E-state index < -0.39 is 12.5 Å². The summed E-state index contributed by atoms with van der Waals surface area (Å²) >= 11 is 3.02. The van der Waals surface area contributed by atoms with Crippen molar-refractivity contribution in [2.45, 2.75) is 25.5 Å². The van der Waals surface area contributed by atoms with E-state index in [1.165, 1.54) is 11.0 Å². The van der Waals surface area contributed by atoms with Gasteiger partial charge in [0.2, 0.25) is 5.91 Å². The van der Waals surface area contributed by atoms with Gasteiger partial charge in [-0.1, -0.05) is 6.58 Å². The number of alkyl halides is 2. The summed E-state index contributed by atoms with van der Waals surface area (Å²) in [5.41, 5.74) is 10.4. The summed E-state index contributed by atoms with van der Waals surface area (Å²) in [5, 5.41) is 6.00. The van der Waals surface area contributed by atoms with Crippen LogP contribution in [0.1, 0.15) is 23.2 Å². The number of rotatable bonds is 5. The second kappa shape index (κ2) is 9.33. The largest absolute Gasteiger partial charge is 0.382 e. The highest BCUT2D eigenvalue weighted by Gasteiger charge is 2.28. The number of nitrogens with one attached hydrogen (secondary N) is 1. The first-order chi connectivity index (χ1) is 11.3. The van der Waals surface area contributed by atoms with Crippen molar-refractivity contribution in [3.8, 4) is 0 Å². The molecule has 1 unspecified atom stereocenters. The Labute approximate surface area is 145 Å². The van der Waals surface area contributed by atoms with Crippen LogP contribution in [0.3, 0.4) is 0 Å². The molecule has 1 aromatic heterocycles. The van der Waals surface area contributed by atoms with Crippen LogP contribution in [0.2, 0.25) is 0 Å². The van der Waals surface area contributed by atoms with Gasteiger partial charge in [-0.3, -0.25) is 14.7 Å². The van der Waals surface area contributed by atoms with Gasteiger partial charge in [0.05, 0.1) is 12.6 Å². The number of nitrogen functional groups attached to an aromatic ring is 1. The number of hydrogen-bond acceptors (Lipinski definition) is 5. The lowest BCUT2D eigenvalue weighted by atomic mass is 10.2. The number of aromatic amines is 1. The number of amides is 2. The van der Waals surface area contributed by atoms with E-state index in [1.54, 1.807) is 0 Å². The Kier molecular flexibility index (Phi) is 7.79. The lowest BCUT2D eigenvalue weighted by molar-refractivity contribution is -0.146. The molecule has 5 N–H and O–H groups in total. The molecule has 2 heterocycles. The summed E-state index contributed by atoms with van der Waals surface area (Å²) in [5.74, 6) is -0.706. The molecule has 0 spiro atoms. The van der Waals surface area contributed by atoms with E-state index >= 15 is 0 Å². The van der Waals surface area contributed by atoms with Gasteiger partial charge in [-0.05, 0) is 34.8 Å². The predicted octanol–water partition coefficient (Wildman–Crippen LogP) is 1.26. The molecule has 1 aliphatic rings. The molecule has 1 aliphatic heterocycles. The number of hydrogen-bond donors (Lipinski definition) is 3. The Hall–Kier alpha value is -2.01. The van der Waals surface area contributed by atoms with Crippen LogP contribution < -0.4 is 11.5 Å². The monoisotopic (exact) mass is 409 g/mol. The minimum atomic E-state index is -2.77. The van der Waals surface area contributed by atoms with Crippen molar-refractivity contribution in [1.29, 1.82) is 0 Å². The number of H-pyrrole nitrogens is 1. The van der Waals surface area contributed by atoms with Gasteiger partial charge in [0.15, 0.2) is 5.82 Å². The Bertz CT molecular complexity index is 577. The van der Waals surface area contributed by atoms with Crippen molar-refractivity contribution in [2.24, 2.45) is 5.73 Å². The van der Waals surface area contributed by atoms with Crippen LogP contribution in [0.4, 0.5) is 14.6 Å². The van der Waals surface area contributed by atoms with Crippen LogP contribution >= 0.6 is 15.9 Å². The van der Waals surface area contributed by atoms with Crippen molar-refractivity contribution in [3.05, 3.63) is 22.8 Å². The summed E-state index contributed by atoms with van der Waals surface area (Å²) in [6, 6.07) is -0.227. The predicted molar refractivity (Wildman–Crippen MR) is 86.1 cm³/mol. The molecular formula is C13H18BrF2N5O3. The zero-order chi connectivity index (χ0) is 18.3. The number of nitrogens with zero attached hydrogens (tertiary/aromatic N) is 2. The highest BCUT2D eigenvalue weighted by atomic mass is 79.9. The van der Waals surface area contributed by atoms with Gasteiger partial charge >= 0.3 is 6.61 Å². The highest BCUT2D eigenvalue weighted by Crippen LogP contribution is 2.18. The molecule has 1 atom stereocenters. The van der Waals surface area contributed by atoms with Crippen LogP contribution in [-0.4, -0.2) is 52.7 Å². The topological polar surface area (TPSA) is 127 Å². The number of ether oxygens (including phenoxy) is 1. The minimum absolute atomic E-state index is 0.1000. The number of carbonyl (C=O) groups is 2. The molecule has 0 radical (unpaired) electrons. The maximum absolute atomic E-state index is 11.8. The molecule has 0 aromatic carbocycles. The normalized spacial score (nSPS) is 16.7. The van der Waals surface area contributed by atoms with E-state index in [9.17, 15) is 18.4 Å². The SMILES string of the molecule is C=CC(=O)N1CCCC1COC(F)F.NC(=O)c1c(N)n[nH]c1Br. The number of likely N-dealkylation sites (tertiary alicyclic amines) is 1. The van der Waals surface area contributed by atoms with Crippen LogP contribution in [0.5, 0.6) is 0 Å². The van der Waals surface area contributed by atoms with Crippen molar-refractivity contribution in [3.63, 3.8) is 0 Å². The number of primary amides is 1. The minimum Gasteiger partial charge on any atom is -0.382 e. The highest BCUT2D eigenvalue weighted by molar-refractivity contribution is 9.10. The van der Waals surface area contributed by atoms with Crippen molar-refractivity contribution in [1.82, 2.24) is 15.1 Å². The van der Waals surface area contributed by atoms with Gasteiger partial charge in [0, 0.05) is 6.54 Å². The van der Waals surface area contributed by atoms with Gasteiger partial charge < -0.3 is 21.1 Å². The van der Waals surface area contributed by atoms with Crippen molar-refractivity contribution >= 4 is 33.6 Å². The molecular weight excluding hydrogens is 392 g/mol. The molecule has 2 rings (SSSR count). The first-order valence-corrected chi connectivity index (χ1v) is 7.69. The van der Waals surface area contributed by atoms with Crippen molar-refractivity contribution in [2.75, 3.05) is 18.9 Å². The van der Waals surface area contributed by atoms with E-state index in [0.717, 1.165) is 6.42 Å². The number of anilines is 1. The third kappa shape index (κ3) is 5.57. The Morgan fingerprint density at radius 3 is 2.67 bits per heavy atom. The van der Waals surface area contributed by atoms with E-state index in [-0.39, 0.29) is 29.9 Å². The van der Waals surface area contributed by atoms with E-state index in [4.69, 9.17) is 11.5 Å². The van der Waals surface area contributed by atoms with Crippen LogP contribution in [0, 0.1) is 0 Å². The summed E-state index contributed by atoms with van der Waals surface area (Å²) in [6.07, 6.45) is 2.74. The van der Waals surface area contributed by atoms with Gasteiger partial charge in [0.1, 0.15) is 10.2 Å². The van der Waals surface area contributed by atoms with Gasteiger partial charge in [-0.2, -0.15) is 13.9 Å². The van der Waals surface area contributed by atoms with Crippen molar-refractivity contribution < 1.29 is 23.1 Å². The number of aromatic nitrogens is 2. The van der Waals surface area contributed by atoms with Gasteiger partial charge in [0.25, 0.3) is 5.91 Å². The van der Waals surface area contributed by atoms with Crippen LogP contribution in [-0.2, 0) is 9.53 Å². The van der Waals surface area contributed by atoms with Crippen LogP contribution in [0.25, 0.3) is 0 Å². The lowest BCUT2D eigenvalue weighted by Crippen LogP contribution is -2.37. The third-order valence-corrected chi connectivity index (χ3v) is 3.82. The number of nitrogens with two attached hydrogens (primary N) is 2. The molecule has 134 valence electrons. The van der Waals surface area contributed by atoms with E-state index in [0.29, 0.717) is 17.6 Å². The lowest BCUT2D eigenvalue weighted by Gasteiger charge is -2.22. The Balaban J connectivity index is 0.000000254. The Morgan fingerprint density at radius 1 is 1.58 bits per heavy atom. The second-order valence-electron chi connectivity index (χ2n) is 4.79. The molecule has 24 heavy (non-hydrogen) atoms. The molecule has 8 nitrogen and oxygen atoms in total. The summed E-state index contributed by atoms with van der Waals surface area (Å²) < 4.78 is 28.1. The molecule has 1 fully saturated rings. The van der Waals surface area contributed by atoms with E-state index in [1.807, 2.05) is 0 Å². The molecule has 0 saturated carbocycles. The smallest absolute Gasteiger partial charge is 0.345 e. The molecule has 1 saturated heterocycles. The first-order valence-electron chi connectivity index (χ1n) is 6.89. The zero-order valence-electron chi connectivity index (χ0n) is 12.7. The zero-order valence-corrected chi connectivity index (χ0v) is 14.3. The maximum Gasteiger partial charge on any atom is 0.345 e. The molecule has 0 aliphatic carbocycles. The average molecular weight is 410 g/mol. The standard InChI is InChI=1S/C9H13F2NO2.C4H5BrN4O/c1-2-8(13)12-5-3-4-7(12)6-14-9(10)11;5-2-1(4(7)10)3(6)9-8-2/h2,7,9H,1,3-6H2;(H2,7,10)(H3,6,8,9). The van der Waals surface area contributed by atoms with Gasteiger partial charge in [-0.15, -0.1) is 0 Å². The first kappa shape index (κ1) is 20.0. The fourth-order valence-electron chi connectivity index (χ4n) is 2.17. The molecule has 0 bridgehead atoms. The summed E-state index contributed by atoms with van der Waals surface area (Å²) in [6.45, 7) is 1.09. The quantitative estimate of drug-likeness (QED) is 0.630.